The van der Waals surface area contributed by atoms with Gasteiger partial charge in [0.2, 0.25) is 0 Å². The van der Waals surface area contributed by atoms with Crippen LogP contribution in [0.25, 0.3) is 20.8 Å². The SMILES string of the molecule is O=C(O)COc1ccc(COc2cccc(-c3nc4ccccc4s3)c2)cc1F. The fourth-order valence-electron chi connectivity index (χ4n) is 2.77. The summed E-state index contributed by atoms with van der Waals surface area (Å²) in [6, 6.07) is 19.9. The minimum absolute atomic E-state index is 0.103. The molecule has 29 heavy (non-hydrogen) atoms. The van der Waals surface area contributed by atoms with Gasteiger partial charge in [-0.3, -0.25) is 0 Å². The fourth-order valence-corrected chi connectivity index (χ4v) is 3.73. The lowest BCUT2D eigenvalue weighted by molar-refractivity contribution is -0.139. The average molecular weight is 409 g/mol. The van der Waals surface area contributed by atoms with Gasteiger partial charge in [0.15, 0.2) is 18.2 Å². The van der Waals surface area contributed by atoms with Crippen molar-refractivity contribution in [3.05, 3.63) is 78.1 Å². The van der Waals surface area contributed by atoms with E-state index in [4.69, 9.17) is 14.6 Å². The number of halogens is 1. The molecule has 0 spiro atoms. The molecule has 0 amide bonds. The minimum Gasteiger partial charge on any atom is -0.489 e. The molecule has 0 aliphatic heterocycles. The van der Waals surface area contributed by atoms with Crippen molar-refractivity contribution in [3.8, 4) is 22.1 Å². The minimum atomic E-state index is -1.16. The first-order chi connectivity index (χ1) is 14.1. The van der Waals surface area contributed by atoms with E-state index in [-0.39, 0.29) is 12.4 Å². The first-order valence-corrected chi connectivity index (χ1v) is 9.62. The first kappa shape index (κ1) is 18.9. The summed E-state index contributed by atoms with van der Waals surface area (Å²) in [7, 11) is 0. The molecule has 1 N–H and O–H groups in total. The largest absolute Gasteiger partial charge is 0.489 e. The van der Waals surface area contributed by atoms with E-state index in [0.717, 1.165) is 20.8 Å². The van der Waals surface area contributed by atoms with Crippen LogP contribution >= 0.6 is 11.3 Å². The van der Waals surface area contributed by atoms with Crippen LogP contribution in [-0.4, -0.2) is 22.7 Å². The Bertz CT molecular complexity index is 1140. The molecule has 0 atom stereocenters. The number of fused-ring (bicyclic) bond motifs is 1. The lowest BCUT2D eigenvalue weighted by Gasteiger charge is -2.09. The van der Waals surface area contributed by atoms with E-state index in [1.807, 2.05) is 48.5 Å². The predicted octanol–water partition coefficient (Wildman–Crippen LogP) is 5.14. The van der Waals surface area contributed by atoms with Crippen LogP contribution < -0.4 is 9.47 Å². The highest BCUT2D eigenvalue weighted by Gasteiger charge is 2.09. The second-order valence-electron chi connectivity index (χ2n) is 6.25. The van der Waals surface area contributed by atoms with Gasteiger partial charge in [-0.1, -0.05) is 30.3 Å². The van der Waals surface area contributed by atoms with Gasteiger partial charge in [-0.2, -0.15) is 0 Å². The molecule has 0 bridgehead atoms. The van der Waals surface area contributed by atoms with Crippen molar-refractivity contribution in [2.45, 2.75) is 6.61 Å². The predicted molar refractivity (Wildman–Crippen MR) is 109 cm³/mol. The van der Waals surface area contributed by atoms with Crippen molar-refractivity contribution >= 4 is 27.5 Å². The summed E-state index contributed by atoms with van der Waals surface area (Å²) in [5, 5.41) is 9.51. The van der Waals surface area contributed by atoms with Crippen molar-refractivity contribution in [2.75, 3.05) is 6.61 Å². The van der Waals surface area contributed by atoms with Gasteiger partial charge in [0, 0.05) is 5.56 Å². The second kappa shape index (κ2) is 8.28. The summed E-state index contributed by atoms with van der Waals surface area (Å²) < 4.78 is 25.8. The molecule has 0 aliphatic rings. The zero-order chi connectivity index (χ0) is 20.2. The van der Waals surface area contributed by atoms with E-state index in [9.17, 15) is 9.18 Å². The van der Waals surface area contributed by atoms with Crippen LogP contribution in [0.1, 0.15) is 5.56 Å². The highest BCUT2D eigenvalue weighted by atomic mass is 32.1. The maximum absolute atomic E-state index is 14.0. The number of carboxylic acid groups (broad SMARTS) is 1. The Morgan fingerprint density at radius 3 is 2.69 bits per heavy atom. The topological polar surface area (TPSA) is 68.7 Å². The van der Waals surface area contributed by atoms with E-state index in [2.05, 4.69) is 4.98 Å². The quantitative estimate of drug-likeness (QED) is 0.457. The number of ether oxygens (including phenoxy) is 2. The van der Waals surface area contributed by atoms with E-state index in [1.165, 1.54) is 12.1 Å². The van der Waals surface area contributed by atoms with Gasteiger partial charge in [0.05, 0.1) is 10.2 Å². The van der Waals surface area contributed by atoms with Crippen molar-refractivity contribution < 1.29 is 23.8 Å². The Hall–Kier alpha value is -3.45. The summed E-state index contributed by atoms with van der Waals surface area (Å²) >= 11 is 1.61. The average Bonchev–Trinajstić information content (AvgIpc) is 3.16. The van der Waals surface area contributed by atoms with Crippen molar-refractivity contribution in [1.29, 1.82) is 0 Å². The summed E-state index contributed by atoms with van der Waals surface area (Å²) in [6.07, 6.45) is 0. The van der Waals surface area contributed by atoms with Crippen LogP contribution in [0.4, 0.5) is 4.39 Å². The Morgan fingerprint density at radius 2 is 1.90 bits per heavy atom. The molecule has 0 aliphatic carbocycles. The van der Waals surface area contributed by atoms with Gasteiger partial charge in [0.1, 0.15) is 17.4 Å². The molecule has 5 nitrogen and oxygen atoms in total. The zero-order valence-electron chi connectivity index (χ0n) is 15.2. The van der Waals surface area contributed by atoms with Crippen molar-refractivity contribution in [1.82, 2.24) is 4.98 Å². The van der Waals surface area contributed by atoms with Crippen LogP contribution in [-0.2, 0) is 11.4 Å². The third-order valence-electron chi connectivity index (χ3n) is 4.13. The Kier molecular flexibility index (Phi) is 5.39. The molecule has 0 radical (unpaired) electrons. The lowest BCUT2D eigenvalue weighted by atomic mass is 10.2. The summed E-state index contributed by atoms with van der Waals surface area (Å²) in [4.78, 5) is 15.2. The standard InChI is InChI=1S/C22H16FNO4S/c23-17-10-14(8-9-19(17)28-13-21(25)26)12-27-16-5-3-4-15(11-16)22-24-18-6-1-2-7-20(18)29-22/h1-11H,12-13H2,(H,25,26). The second-order valence-corrected chi connectivity index (χ2v) is 7.28. The van der Waals surface area contributed by atoms with Gasteiger partial charge in [0.25, 0.3) is 0 Å². The molecule has 0 saturated carbocycles. The van der Waals surface area contributed by atoms with Crippen LogP contribution in [0.2, 0.25) is 0 Å². The van der Waals surface area contributed by atoms with E-state index >= 15 is 0 Å². The molecule has 0 fully saturated rings. The Balaban J connectivity index is 1.46. The van der Waals surface area contributed by atoms with E-state index in [1.54, 1.807) is 17.4 Å². The number of hydrogen-bond acceptors (Lipinski definition) is 5. The van der Waals surface area contributed by atoms with Gasteiger partial charge in [-0.05, 0) is 42.0 Å². The molecule has 1 aromatic heterocycles. The highest BCUT2D eigenvalue weighted by molar-refractivity contribution is 7.21. The number of rotatable bonds is 7. The Labute approximate surface area is 170 Å². The van der Waals surface area contributed by atoms with Crippen LogP contribution in [0.15, 0.2) is 66.7 Å². The summed E-state index contributed by atoms with van der Waals surface area (Å²) in [6.45, 7) is -0.426. The molecule has 4 rings (SSSR count). The number of carboxylic acids is 1. The number of nitrogens with zero attached hydrogens (tertiary/aromatic N) is 1. The molecule has 7 heteroatoms. The summed E-state index contributed by atoms with van der Waals surface area (Å²) in [5.41, 5.74) is 2.52. The van der Waals surface area contributed by atoms with E-state index in [0.29, 0.717) is 11.3 Å². The first-order valence-electron chi connectivity index (χ1n) is 8.80. The van der Waals surface area contributed by atoms with E-state index < -0.39 is 18.4 Å². The van der Waals surface area contributed by atoms with Gasteiger partial charge < -0.3 is 14.6 Å². The zero-order valence-corrected chi connectivity index (χ0v) is 16.0. The van der Waals surface area contributed by atoms with Crippen molar-refractivity contribution in [2.24, 2.45) is 0 Å². The van der Waals surface area contributed by atoms with Crippen LogP contribution in [0, 0.1) is 5.82 Å². The molecule has 4 aromatic rings. The highest BCUT2D eigenvalue weighted by Crippen LogP contribution is 2.32. The van der Waals surface area contributed by atoms with Crippen LogP contribution in [0.5, 0.6) is 11.5 Å². The number of aliphatic carboxylic acids is 1. The molecule has 0 saturated heterocycles. The maximum atomic E-state index is 14.0. The molecule has 0 unspecified atom stereocenters. The smallest absolute Gasteiger partial charge is 0.341 e. The third kappa shape index (κ3) is 4.52. The lowest BCUT2D eigenvalue weighted by Crippen LogP contribution is -2.10. The van der Waals surface area contributed by atoms with Gasteiger partial charge in [-0.25, -0.2) is 14.2 Å². The van der Waals surface area contributed by atoms with Crippen LogP contribution in [0.3, 0.4) is 0 Å². The maximum Gasteiger partial charge on any atom is 0.341 e. The van der Waals surface area contributed by atoms with Crippen molar-refractivity contribution in [3.63, 3.8) is 0 Å². The number of carbonyl (C=O) groups is 1. The summed E-state index contributed by atoms with van der Waals surface area (Å²) in [5.74, 6) is -1.25. The fraction of sp³-hybridized carbons (Fsp3) is 0.0909. The Morgan fingerprint density at radius 1 is 1.03 bits per heavy atom. The number of aromatic nitrogens is 1. The molecular weight excluding hydrogens is 393 g/mol. The molecule has 3 aromatic carbocycles. The van der Waals surface area contributed by atoms with Gasteiger partial charge in [-0.15, -0.1) is 11.3 Å². The normalized spacial score (nSPS) is 10.8. The number of para-hydroxylation sites is 1. The van der Waals surface area contributed by atoms with Gasteiger partial charge >= 0.3 is 5.97 Å². The number of hydrogen-bond donors (Lipinski definition) is 1. The molecule has 1 heterocycles. The number of benzene rings is 3. The molecular formula is C22H16FNO4S. The monoisotopic (exact) mass is 409 g/mol. The number of thiazole rings is 1. The molecule has 146 valence electrons. The third-order valence-corrected chi connectivity index (χ3v) is 5.21.